The predicted octanol–water partition coefficient (Wildman–Crippen LogP) is 2.13. The van der Waals surface area contributed by atoms with Gasteiger partial charge in [-0.15, -0.1) is 11.3 Å². The van der Waals surface area contributed by atoms with E-state index in [1.165, 1.54) is 11.3 Å². The van der Waals surface area contributed by atoms with Crippen LogP contribution < -0.4 is 15.4 Å². The van der Waals surface area contributed by atoms with Crippen LogP contribution >= 0.6 is 22.9 Å². The van der Waals surface area contributed by atoms with Crippen LogP contribution in [0.3, 0.4) is 0 Å². The van der Waals surface area contributed by atoms with Gasteiger partial charge in [0.1, 0.15) is 4.21 Å². The topological polar surface area (TPSA) is 91.0 Å². The Labute approximate surface area is 174 Å². The third-order valence-electron chi connectivity index (χ3n) is 4.45. The summed E-state index contributed by atoms with van der Waals surface area (Å²) in [5, 5.41) is 0.726. The largest absolute Gasteiger partial charge is 0.370 e. The number of aryl methyl sites for hydroxylation is 1. The number of anilines is 1. The maximum atomic E-state index is 12.2. The molecule has 0 radical (unpaired) electrons. The van der Waals surface area contributed by atoms with Crippen molar-refractivity contribution in [1.82, 2.24) is 9.62 Å². The molecule has 10 heteroatoms. The van der Waals surface area contributed by atoms with E-state index < -0.39 is 10.0 Å². The summed E-state index contributed by atoms with van der Waals surface area (Å²) in [5.74, 6) is 0.446. The molecule has 0 spiro atoms. The Balaban J connectivity index is 1.45. The number of nitrogens with one attached hydrogen (secondary N) is 1. The second-order valence-corrected chi connectivity index (χ2v) is 10.2. The van der Waals surface area contributed by atoms with E-state index in [-0.39, 0.29) is 6.54 Å². The summed E-state index contributed by atoms with van der Waals surface area (Å²) in [6.07, 6.45) is 0. The highest BCUT2D eigenvalue weighted by Crippen LogP contribution is 2.20. The first kappa shape index (κ1) is 20.9. The molecule has 1 fully saturated rings. The quantitative estimate of drug-likeness (QED) is 0.407. The Morgan fingerprint density at radius 1 is 1.18 bits per heavy atom. The summed E-state index contributed by atoms with van der Waals surface area (Å²) in [7, 11) is -3.47. The number of rotatable bonds is 6. The zero-order valence-corrected chi connectivity index (χ0v) is 18.0. The van der Waals surface area contributed by atoms with Crippen LogP contribution in [0.1, 0.15) is 4.88 Å². The van der Waals surface area contributed by atoms with Crippen molar-refractivity contribution in [2.75, 3.05) is 44.2 Å². The van der Waals surface area contributed by atoms with Crippen molar-refractivity contribution < 1.29 is 8.42 Å². The summed E-state index contributed by atoms with van der Waals surface area (Å²) in [5.41, 5.74) is 7.22. The van der Waals surface area contributed by atoms with E-state index in [1.54, 1.807) is 12.1 Å². The van der Waals surface area contributed by atoms with Crippen LogP contribution in [0.5, 0.6) is 0 Å². The van der Waals surface area contributed by atoms with Crippen molar-refractivity contribution in [1.29, 1.82) is 0 Å². The lowest BCUT2D eigenvalue weighted by Crippen LogP contribution is -2.51. The molecule has 1 saturated heterocycles. The number of halogens is 1. The molecule has 0 amide bonds. The maximum Gasteiger partial charge on any atom is 0.250 e. The van der Waals surface area contributed by atoms with E-state index in [0.29, 0.717) is 16.7 Å². The van der Waals surface area contributed by atoms with Gasteiger partial charge in [-0.25, -0.2) is 13.1 Å². The molecule has 2 aromatic rings. The molecule has 1 aliphatic rings. The smallest absolute Gasteiger partial charge is 0.250 e. The molecule has 0 saturated carbocycles. The zero-order chi connectivity index (χ0) is 20.1. The summed E-state index contributed by atoms with van der Waals surface area (Å²) < 4.78 is 27.2. The van der Waals surface area contributed by atoms with Gasteiger partial charge in [0.2, 0.25) is 10.0 Å². The normalized spacial score (nSPS) is 15.9. The molecule has 152 valence electrons. The standard InChI is InChI=1S/C18H24ClN5O2S2/c1-14-2-7-17(27-14)28(25,26)22-9-8-21-18(20)24-12-10-23(11-13-24)16-5-3-15(19)4-6-16/h2-7,22H,8-13H2,1H3,(H2,20,21). The number of piperazine rings is 1. The van der Waals surface area contributed by atoms with Gasteiger partial charge < -0.3 is 15.5 Å². The minimum Gasteiger partial charge on any atom is -0.370 e. The molecule has 0 aliphatic carbocycles. The predicted molar refractivity (Wildman–Crippen MR) is 116 cm³/mol. The lowest BCUT2D eigenvalue weighted by molar-refractivity contribution is 0.381. The van der Waals surface area contributed by atoms with Crippen LogP contribution in [0, 0.1) is 6.92 Å². The van der Waals surface area contributed by atoms with Crippen LogP contribution in [-0.2, 0) is 10.0 Å². The Kier molecular flexibility index (Phi) is 6.82. The first-order valence-electron chi connectivity index (χ1n) is 8.97. The molecule has 1 aliphatic heterocycles. The van der Waals surface area contributed by atoms with Gasteiger partial charge in [0.05, 0.1) is 6.54 Å². The molecule has 7 nitrogen and oxygen atoms in total. The molecule has 3 N–H and O–H groups in total. The zero-order valence-electron chi connectivity index (χ0n) is 15.6. The van der Waals surface area contributed by atoms with Crippen LogP contribution in [0.15, 0.2) is 45.6 Å². The summed E-state index contributed by atoms with van der Waals surface area (Å²) >= 11 is 7.19. The molecule has 0 unspecified atom stereocenters. The Morgan fingerprint density at radius 2 is 1.86 bits per heavy atom. The Hall–Kier alpha value is -1.81. The molecule has 2 heterocycles. The fourth-order valence-corrected chi connectivity index (χ4v) is 5.40. The van der Waals surface area contributed by atoms with Gasteiger partial charge in [0.15, 0.2) is 5.96 Å². The number of thiophene rings is 1. The molecule has 1 aromatic carbocycles. The second kappa shape index (κ2) is 9.13. The number of aliphatic imine (C=N–C) groups is 1. The monoisotopic (exact) mass is 441 g/mol. The van der Waals surface area contributed by atoms with Gasteiger partial charge in [-0.2, -0.15) is 0 Å². The van der Waals surface area contributed by atoms with E-state index in [0.717, 1.165) is 41.8 Å². The second-order valence-electron chi connectivity index (χ2n) is 6.45. The first-order chi connectivity index (χ1) is 13.3. The summed E-state index contributed by atoms with van der Waals surface area (Å²) in [4.78, 5) is 9.57. The minimum absolute atomic E-state index is 0.213. The molecule has 1 aromatic heterocycles. The van der Waals surface area contributed by atoms with Gasteiger partial charge in [0.25, 0.3) is 0 Å². The number of benzene rings is 1. The van der Waals surface area contributed by atoms with E-state index >= 15 is 0 Å². The molecule has 0 atom stereocenters. The lowest BCUT2D eigenvalue weighted by Gasteiger charge is -2.36. The molecular formula is C18H24ClN5O2S2. The SMILES string of the molecule is Cc1ccc(S(=O)(=O)NCCN=C(N)N2CCN(c3ccc(Cl)cc3)CC2)s1. The van der Waals surface area contributed by atoms with Crippen molar-refractivity contribution >= 4 is 44.6 Å². The fourth-order valence-electron chi connectivity index (χ4n) is 2.92. The van der Waals surface area contributed by atoms with Crippen LogP contribution in [0.2, 0.25) is 5.02 Å². The van der Waals surface area contributed by atoms with Gasteiger partial charge in [-0.3, -0.25) is 4.99 Å². The Bertz CT molecular complexity index is 920. The van der Waals surface area contributed by atoms with Crippen molar-refractivity contribution in [3.63, 3.8) is 0 Å². The van der Waals surface area contributed by atoms with Gasteiger partial charge in [0, 0.05) is 48.3 Å². The number of hydrogen-bond acceptors (Lipinski definition) is 5. The minimum atomic E-state index is -3.47. The van der Waals surface area contributed by atoms with Crippen LogP contribution in [-0.4, -0.2) is 58.5 Å². The van der Waals surface area contributed by atoms with Crippen molar-refractivity contribution in [3.05, 3.63) is 46.3 Å². The summed E-state index contributed by atoms with van der Waals surface area (Å²) in [6, 6.07) is 11.2. The van der Waals surface area contributed by atoms with Gasteiger partial charge in [-0.05, 0) is 43.3 Å². The maximum absolute atomic E-state index is 12.2. The molecular weight excluding hydrogens is 418 g/mol. The number of sulfonamides is 1. The average Bonchev–Trinajstić information content (AvgIpc) is 3.13. The van der Waals surface area contributed by atoms with E-state index in [4.69, 9.17) is 17.3 Å². The average molecular weight is 442 g/mol. The van der Waals surface area contributed by atoms with E-state index in [9.17, 15) is 8.42 Å². The van der Waals surface area contributed by atoms with Crippen LogP contribution in [0.4, 0.5) is 5.69 Å². The fraction of sp³-hybridized carbons (Fsp3) is 0.389. The van der Waals surface area contributed by atoms with Gasteiger partial charge in [-0.1, -0.05) is 11.6 Å². The number of nitrogens with zero attached hydrogens (tertiary/aromatic N) is 3. The number of nitrogens with two attached hydrogens (primary N) is 1. The van der Waals surface area contributed by atoms with E-state index in [2.05, 4.69) is 14.6 Å². The van der Waals surface area contributed by atoms with Crippen molar-refractivity contribution in [3.8, 4) is 0 Å². The first-order valence-corrected chi connectivity index (χ1v) is 11.6. The molecule has 3 rings (SSSR count). The number of hydrogen-bond donors (Lipinski definition) is 2. The third-order valence-corrected chi connectivity index (χ3v) is 7.66. The van der Waals surface area contributed by atoms with Crippen molar-refractivity contribution in [2.45, 2.75) is 11.1 Å². The van der Waals surface area contributed by atoms with Crippen molar-refractivity contribution in [2.24, 2.45) is 10.7 Å². The molecule has 28 heavy (non-hydrogen) atoms. The van der Waals surface area contributed by atoms with Gasteiger partial charge >= 0.3 is 0 Å². The highest BCUT2D eigenvalue weighted by atomic mass is 35.5. The highest BCUT2D eigenvalue weighted by molar-refractivity contribution is 7.91. The third kappa shape index (κ3) is 5.38. The molecule has 0 bridgehead atoms. The van der Waals surface area contributed by atoms with E-state index in [1.807, 2.05) is 36.1 Å². The van der Waals surface area contributed by atoms with Crippen LogP contribution in [0.25, 0.3) is 0 Å². The highest BCUT2D eigenvalue weighted by Gasteiger charge is 2.19. The lowest BCUT2D eigenvalue weighted by atomic mass is 10.2. The summed E-state index contributed by atoms with van der Waals surface area (Å²) in [6.45, 7) is 5.58. The number of guanidine groups is 1. The Morgan fingerprint density at radius 3 is 2.46 bits per heavy atom.